The molecule has 1 aliphatic rings. The van der Waals surface area contributed by atoms with E-state index in [0.717, 1.165) is 28.1 Å². The molecule has 3 aromatic rings. The second-order valence-electron chi connectivity index (χ2n) is 5.93. The Morgan fingerprint density at radius 1 is 1.38 bits per heavy atom. The number of aromatic nitrogens is 2. The Hall–Kier alpha value is -1.01. The zero-order chi connectivity index (χ0) is 16.9. The standard InChI is InChI=1S/C17H14Cl2N2OS2/c1-21-15(22)13-12(10-5-3-2-4-6-10)9-23-14(13)20-16(21)24-8-11-7-17(11,18)19/h2-6,9,11H,7-8H2,1H3. The van der Waals surface area contributed by atoms with Gasteiger partial charge in [0.2, 0.25) is 0 Å². The quantitative estimate of drug-likeness (QED) is 0.355. The van der Waals surface area contributed by atoms with Crippen LogP contribution < -0.4 is 5.56 Å². The number of hydrogen-bond donors (Lipinski definition) is 0. The maximum Gasteiger partial charge on any atom is 0.263 e. The van der Waals surface area contributed by atoms with Crippen LogP contribution in [0.25, 0.3) is 21.3 Å². The van der Waals surface area contributed by atoms with Crippen LogP contribution in [0.15, 0.2) is 45.7 Å². The van der Waals surface area contributed by atoms with Crippen LogP contribution >= 0.6 is 46.3 Å². The average Bonchev–Trinajstić information content (AvgIpc) is 2.99. The van der Waals surface area contributed by atoms with Crippen molar-refractivity contribution in [1.82, 2.24) is 9.55 Å². The van der Waals surface area contributed by atoms with E-state index in [2.05, 4.69) is 4.98 Å². The van der Waals surface area contributed by atoms with E-state index in [1.807, 2.05) is 35.7 Å². The summed E-state index contributed by atoms with van der Waals surface area (Å²) in [4.78, 5) is 18.3. The van der Waals surface area contributed by atoms with Crippen LogP contribution in [0.2, 0.25) is 0 Å². The van der Waals surface area contributed by atoms with Crippen molar-refractivity contribution in [3.8, 4) is 11.1 Å². The SMILES string of the molecule is Cn1c(SCC2CC2(Cl)Cl)nc2scc(-c3ccccc3)c2c1=O. The number of hydrogen-bond acceptors (Lipinski definition) is 4. The molecular formula is C17H14Cl2N2OS2. The lowest BCUT2D eigenvalue weighted by Crippen LogP contribution is -2.20. The average molecular weight is 397 g/mol. The van der Waals surface area contributed by atoms with Gasteiger partial charge < -0.3 is 0 Å². The Balaban J connectivity index is 1.72. The summed E-state index contributed by atoms with van der Waals surface area (Å²) >= 11 is 15.2. The van der Waals surface area contributed by atoms with Crippen molar-refractivity contribution in [3.05, 3.63) is 46.1 Å². The monoisotopic (exact) mass is 396 g/mol. The number of alkyl halides is 2. The number of thioether (sulfide) groups is 1. The van der Waals surface area contributed by atoms with E-state index in [1.54, 1.807) is 23.4 Å². The highest BCUT2D eigenvalue weighted by atomic mass is 35.5. The van der Waals surface area contributed by atoms with Gasteiger partial charge in [0.05, 0.1) is 5.39 Å². The minimum absolute atomic E-state index is 0.0126. The van der Waals surface area contributed by atoms with Gasteiger partial charge in [-0.1, -0.05) is 42.1 Å². The van der Waals surface area contributed by atoms with Gasteiger partial charge >= 0.3 is 0 Å². The van der Waals surface area contributed by atoms with Crippen molar-refractivity contribution in [2.75, 3.05) is 5.75 Å². The highest BCUT2D eigenvalue weighted by molar-refractivity contribution is 7.99. The molecule has 124 valence electrons. The second-order valence-corrected chi connectivity index (χ2v) is 9.31. The highest BCUT2D eigenvalue weighted by Gasteiger charge is 2.51. The lowest BCUT2D eigenvalue weighted by atomic mass is 10.1. The first kappa shape index (κ1) is 16.5. The molecule has 24 heavy (non-hydrogen) atoms. The Bertz CT molecular complexity index is 966. The summed E-state index contributed by atoms with van der Waals surface area (Å²) in [5.74, 6) is 1.04. The van der Waals surface area contributed by atoms with Crippen LogP contribution in [0.3, 0.4) is 0 Å². The molecule has 1 unspecified atom stereocenters. The molecule has 2 heterocycles. The molecule has 0 spiro atoms. The fraction of sp³-hybridized carbons (Fsp3) is 0.294. The van der Waals surface area contributed by atoms with Crippen molar-refractivity contribution in [2.45, 2.75) is 15.9 Å². The van der Waals surface area contributed by atoms with Gasteiger partial charge in [-0.2, -0.15) is 0 Å². The zero-order valence-corrected chi connectivity index (χ0v) is 16.0. The van der Waals surface area contributed by atoms with Crippen molar-refractivity contribution >= 4 is 56.5 Å². The first-order valence-electron chi connectivity index (χ1n) is 7.51. The van der Waals surface area contributed by atoms with Crippen LogP contribution in [-0.4, -0.2) is 19.6 Å². The highest BCUT2D eigenvalue weighted by Crippen LogP contribution is 2.54. The molecule has 1 aromatic carbocycles. The zero-order valence-electron chi connectivity index (χ0n) is 12.8. The number of halogens is 2. The Labute approximate surface area is 157 Å². The Kier molecular flexibility index (Phi) is 4.15. The van der Waals surface area contributed by atoms with E-state index in [0.29, 0.717) is 10.5 Å². The lowest BCUT2D eigenvalue weighted by molar-refractivity contribution is 0.727. The molecule has 0 saturated heterocycles. The van der Waals surface area contributed by atoms with E-state index >= 15 is 0 Å². The number of benzene rings is 1. The fourth-order valence-corrected chi connectivity index (χ4v) is 5.53. The molecule has 0 bridgehead atoms. The van der Waals surface area contributed by atoms with Gasteiger partial charge in [-0.3, -0.25) is 9.36 Å². The maximum absolute atomic E-state index is 12.9. The predicted octanol–water partition coefficient (Wildman–Crippen LogP) is 4.95. The van der Waals surface area contributed by atoms with Crippen LogP contribution in [0.5, 0.6) is 0 Å². The smallest absolute Gasteiger partial charge is 0.263 e. The topological polar surface area (TPSA) is 34.9 Å². The van der Waals surface area contributed by atoms with E-state index in [1.165, 1.54) is 11.3 Å². The third kappa shape index (κ3) is 2.88. The Morgan fingerprint density at radius 2 is 2.08 bits per heavy atom. The number of rotatable bonds is 4. The first-order chi connectivity index (χ1) is 11.5. The van der Waals surface area contributed by atoms with Crippen LogP contribution in [0.1, 0.15) is 6.42 Å². The van der Waals surface area contributed by atoms with Crippen molar-refractivity contribution < 1.29 is 0 Å². The normalized spacial score (nSPS) is 18.9. The van der Waals surface area contributed by atoms with Gasteiger partial charge in [0, 0.05) is 29.7 Å². The molecule has 3 nitrogen and oxygen atoms in total. The van der Waals surface area contributed by atoms with Crippen LogP contribution in [-0.2, 0) is 7.05 Å². The lowest BCUT2D eigenvalue weighted by Gasteiger charge is -2.08. The molecule has 1 atom stereocenters. The minimum Gasteiger partial charge on any atom is -0.290 e. The molecule has 7 heteroatoms. The first-order valence-corrected chi connectivity index (χ1v) is 10.1. The van der Waals surface area contributed by atoms with Gasteiger partial charge in [-0.05, 0) is 12.0 Å². The largest absolute Gasteiger partial charge is 0.290 e. The molecule has 1 aliphatic carbocycles. The van der Waals surface area contributed by atoms with E-state index in [-0.39, 0.29) is 11.5 Å². The molecule has 2 aromatic heterocycles. The van der Waals surface area contributed by atoms with E-state index < -0.39 is 4.33 Å². The molecule has 0 radical (unpaired) electrons. The molecular weight excluding hydrogens is 383 g/mol. The molecule has 4 rings (SSSR count). The summed E-state index contributed by atoms with van der Waals surface area (Å²) in [6, 6.07) is 9.94. The third-order valence-corrected chi connectivity index (χ3v) is 7.22. The third-order valence-electron chi connectivity index (χ3n) is 4.23. The molecule has 0 amide bonds. The number of nitrogens with zero attached hydrogens (tertiary/aromatic N) is 2. The summed E-state index contributed by atoms with van der Waals surface area (Å²) in [6.07, 6.45) is 0.802. The van der Waals surface area contributed by atoms with Gasteiger partial charge in [0.1, 0.15) is 9.16 Å². The van der Waals surface area contributed by atoms with Gasteiger partial charge in [0.25, 0.3) is 5.56 Å². The summed E-state index contributed by atoms with van der Waals surface area (Å²) in [7, 11) is 1.77. The predicted molar refractivity (Wildman–Crippen MR) is 104 cm³/mol. The van der Waals surface area contributed by atoms with Gasteiger partial charge in [-0.15, -0.1) is 34.5 Å². The summed E-state index contributed by atoms with van der Waals surface area (Å²) < 4.78 is 1.03. The van der Waals surface area contributed by atoms with E-state index in [9.17, 15) is 4.79 Å². The fourth-order valence-electron chi connectivity index (χ4n) is 2.64. The molecule has 1 fully saturated rings. The summed E-state index contributed by atoms with van der Waals surface area (Å²) in [5, 5.41) is 3.41. The van der Waals surface area contributed by atoms with E-state index in [4.69, 9.17) is 23.2 Å². The van der Waals surface area contributed by atoms with Gasteiger partial charge in [-0.25, -0.2) is 4.98 Å². The molecule has 1 saturated carbocycles. The summed E-state index contributed by atoms with van der Waals surface area (Å²) in [5.41, 5.74) is 1.97. The molecule has 0 aliphatic heterocycles. The van der Waals surface area contributed by atoms with Crippen LogP contribution in [0.4, 0.5) is 0 Å². The van der Waals surface area contributed by atoms with Crippen molar-refractivity contribution in [2.24, 2.45) is 13.0 Å². The second kappa shape index (κ2) is 6.06. The molecule has 0 N–H and O–H groups in total. The number of fused-ring (bicyclic) bond motifs is 1. The van der Waals surface area contributed by atoms with Crippen LogP contribution in [0, 0.1) is 5.92 Å². The minimum atomic E-state index is -0.598. The number of thiophene rings is 1. The van der Waals surface area contributed by atoms with Crippen molar-refractivity contribution in [1.29, 1.82) is 0 Å². The maximum atomic E-state index is 12.9. The summed E-state index contributed by atoms with van der Waals surface area (Å²) in [6.45, 7) is 0. The van der Waals surface area contributed by atoms with Crippen molar-refractivity contribution in [3.63, 3.8) is 0 Å². The van der Waals surface area contributed by atoms with Gasteiger partial charge in [0.15, 0.2) is 5.16 Å². The Morgan fingerprint density at radius 3 is 2.75 bits per heavy atom.